The number of hydrogen-bond acceptors (Lipinski definition) is 15. The molecule has 0 spiro atoms. The van der Waals surface area contributed by atoms with Crippen LogP contribution in [0.15, 0.2) is 12.2 Å². The third kappa shape index (κ3) is 24.4. The van der Waals surface area contributed by atoms with Crippen molar-refractivity contribution in [3.63, 3.8) is 0 Å². The normalized spacial score (nSPS) is 23.6. The molecule has 2 heterocycles. The second kappa shape index (κ2) is 28.4. The van der Waals surface area contributed by atoms with E-state index in [-0.39, 0.29) is 38.6 Å². The molecule has 19 heteroatoms. The first-order valence-corrected chi connectivity index (χ1v) is 22.9. The number of nitrogens with two attached hydrogens (primary N) is 2. The smallest absolute Gasteiger partial charge is 0.460 e. The maximum absolute atomic E-state index is 11.9. The number of phosphoric ester groups is 1. The van der Waals surface area contributed by atoms with E-state index in [1.807, 2.05) is 0 Å². The molecular formula is C36H69N2O15PS. The summed E-state index contributed by atoms with van der Waals surface area (Å²) in [5, 5.41) is 20.4. The zero-order valence-electron chi connectivity index (χ0n) is 32.4. The lowest BCUT2D eigenvalue weighted by atomic mass is 9.94. The van der Waals surface area contributed by atoms with Crippen LogP contribution in [0.2, 0.25) is 0 Å². The Kier molecular flexibility index (Phi) is 25.8. The summed E-state index contributed by atoms with van der Waals surface area (Å²) in [5.74, 6) is -1.21. The van der Waals surface area contributed by atoms with Crippen LogP contribution in [0, 0.1) is 0 Å². The van der Waals surface area contributed by atoms with E-state index >= 15 is 0 Å². The fourth-order valence-corrected chi connectivity index (χ4v) is 7.70. The molecule has 2 aliphatic heterocycles. The topological polar surface area (TPSA) is 266 Å². The van der Waals surface area contributed by atoms with Crippen LogP contribution in [-0.2, 0) is 51.9 Å². The molecule has 0 radical (unpaired) electrons. The van der Waals surface area contributed by atoms with Crippen molar-refractivity contribution in [3.8, 4) is 0 Å². The molecule has 2 aliphatic rings. The van der Waals surface area contributed by atoms with E-state index in [4.69, 9.17) is 35.0 Å². The van der Waals surface area contributed by atoms with Crippen molar-refractivity contribution in [3.05, 3.63) is 12.2 Å². The van der Waals surface area contributed by atoms with Gasteiger partial charge in [0.05, 0.1) is 44.7 Å². The largest absolute Gasteiger partial charge is 0.472 e. The van der Waals surface area contributed by atoms with Crippen LogP contribution in [-0.4, -0.2) is 116 Å². The standard InChI is InChI=1S/C36H69N2O15PS/c37-23-25-49-54(42,43)50-29-31(39)28-48-34(41)19-15-11-9-10-14-18-33-35-32(40)20-22-36(52-33,53-35)21-16-12-7-5-3-1-2-4-6-8-13-17-24-47-26-30(38)27-51-55(44,45)46/h15,19,30-33,35,39-40H,1-14,16-18,20-29,37-38H2,(H,42,43)(H,44,45,46)/t30-,31-,32-,33-,35-,36+/m1/s1. The van der Waals surface area contributed by atoms with Gasteiger partial charge in [0.25, 0.3) is 0 Å². The minimum Gasteiger partial charge on any atom is -0.460 e. The summed E-state index contributed by atoms with van der Waals surface area (Å²) in [7, 11) is -8.79. The van der Waals surface area contributed by atoms with Crippen LogP contribution in [0.1, 0.15) is 128 Å². The molecule has 7 atom stereocenters. The third-order valence-corrected chi connectivity index (χ3v) is 10.9. The van der Waals surface area contributed by atoms with Crippen LogP contribution >= 0.6 is 7.82 Å². The van der Waals surface area contributed by atoms with Crippen LogP contribution in [0.25, 0.3) is 0 Å². The average Bonchev–Trinajstić information content (AvgIpc) is 3.45. The lowest BCUT2D eigenvalue weighted by Gasteiger charge is -2.33. The number of esters is 1. The number of allylic oxidation sites excluding steroid dienone is 1. The lowest BCUT2D eigenvalue weighted by Crippen LogP contribution is -2.41. The summed E-state index contributed by atoms with van der Waals surface area (Å²) in [6, 6.07) is -0.604. The van der Waals surface area contributed by atoms with Crippen molar-refractivity contribution >= 4 is 24.2 Å². The minimum absolute atomic E-state index is 0.0377. The number of carbonyl (C=O) groups is 1. The first kappa shape index (κ1) is 50.1. The molecule has 8 N–H and O–H groups in total. The van der Waals surface area contributed by atoms with Gasteiger partial charge < -0.3 is 45.5 Å². The highest BCUT2D eigenvalue weighted by atomic mass is 32.3. The van der Waals surface area contributed by atoms with Gasteiger partial charge in [-0.3, -0.25) is 13.6 Å². The Morgan fingerprint density at radius 2 is 1.51 bits per heavy atom. The number of fused-ring (bicyclic) bond motifs is 2. The Labute approximate surface area is 327 Å². The van der Waals surface area contributed by atoms with Gasteiger partial charge in [-0.05, 0) is 38.5 Å². The van der Waals surface area contributed by atoms with Crippen molar-refractivity contribution in [2.75, 3.05) is 46.2 Å². The van der Waals surface area contributed by atoms with Gasteiger partial charge in [-0.1, -0.05) is 83.1 Å². The molecule has 324 valence electrons. The molecular weight excluding hydrogens is 763 g/mol. The average molecular weight is 833 g/mol. The zero-order valence-corrected chi connectivity index (χ0v) is 34.1. The van der Waals surface area contributed by atoms with Gasteiger partial charge in [-0.15, -0.1) is 0 Å². The van der Waals surface area contributed by atoms with Crippen LogP contribution in [0.4, 0.5) is 0 Å². The van der Waals surface area contributed by atoms with Gasteiger partial charge in [0, 0.05) is 32.1 Å². The molecule has 2 bridgehead atoms. The molecule has 0 aromatic rings. The number of carbonyl (C=O) groups excluding carboxylic acids is 1. The fraction of sp³-hybridized carbons (Fsp3) is 0.917. The quantitative estimate of drug-likeness (QED) is 0.0170. The molecule has 0 amide bonds. The number of ether oxygens (including phenoxy) is 4. The van der Waals surface area contributed by atoms with E-state index in [0.29, 0.717) is 25.9 Å². The summed E-state index contributed by atoms with van der Waals surface area (Å²) >= 11 is 0. The van der Waals surface area contributed by atoms with E-state index in [2.05, 4.69) is 13.2 Å². The highest BCUT2D eigenvalue weighted by Gasteiger charge is 2.52. The number of phosphoric acid groups is 1. The van der Waals surface area contributed by atoms with Gasteiger partial charge in [0.15, 0.2) is 5.79 Å². The van der Waals surface area contributed by atoms with Crippen molar-refractivity contribution in [2.24, 2.45) is 11.5 Å². The van der Waals surface area contributed by atoms with Gasteiger partial charge >= 0.3 is 24.2 Å². The maximum Gasteiger partial charge on any atom is 0.472 e. The highest BCUT2D eigenvalue weighted by molar-refractivity contribution is 7.80. The molecule has 0 aliphatic carbocycles. The second-order valence-corrected chi connectivity index (χ2v) is 17.1. The third-order valence-electron chi connectivity index (χ3n) is 9.48. The molecule has 0 aromatic carbocycles. The first-order valence-electron chi connectivity index (χ1n) is 20.1. The van der Waals surface area contributed by atoms with Gasteiger partial charge in [-0.25, -0.2) is 13.5 Å². The number of aliphatic hydroxyl groups is 2. The van der Waals surface area contributed by atoms with Gasteiger partial charge in [0.1, 0.15) is 18.8 Å². The Balaban J connectivity index is 1.44. The molecule has 0 aromatic heterocycles. The minimum atomic E-state index is -4.47. The zero-order chi connectivity index (χ0) is 40.4. The molecule has 55 heavy (non-hydrogen) atoms. The predicted octanol–water partition coefficient (Wildman–Crippen LogP) is 4.36. The number of rotatable bonds is 35. The van der Waals surface area contributed by atoms with Crippen LogP contribution < -0.4 is 11.5 Å². The van der Waals surface area contributed by atoms with Gasteiger partial charge in [-0.2, -0.15) is 8.42 Å². The predicted molar refractivity (Wildman–Crippen MR) is 204 cm³/mol. The van der Waals surface area contributed by atoms with E-state index in [1.165, 1.54) is 51.0 Å². The number of hydrogen-bond donors (Lipinski definition) is 6. The maximum atomic E-state index is 11.9. The summed E-state index contributed by atoms with van der Waals surface area (Å²) in [5.41, 5.74) is 10.9. The van der Waals surface area contributed by atoms with Crippen molar-refractivity contribution in [1.82, 2.24) is 0 Å². The van der Waals surface area contributed by atoms with Crippen LogP contribution in [0.5, 0.6) is 0 Å². The highest BCUT2D eigenvalue weighted by Crippen LogP contribution is 2.45. The lowest BCUT2D eigenvalue weighted by molar-refractivity contribution is -0.214. The second-order valence-electron chi connectivity index (χ2n) is 14.5. The van der Waals surface area contributed by atoms with E-state index in [1.54, 1.807) is 6.08 Å². The summed E-state index contributed by atoms with van der Waals surface area (Å²) < 4.78 is 77.8. The van der Waals surface area contributed by atoms with E-state index < -0.39 is 61.4 Å². The molecule has 1 unspecified atom stereocenters. The van der Waals surface area contributed by atoms with Crippen LogP contribution in [0.3, 0.4) is 0 Å². The van der Waals surface area contributed by atoms with Crippen molar-refractivity contribution in [2.45, 2.75) is 165 Å². The van der Waals surface area contributed by atoms with E-state index in [0.717, 1.165) is 64.2 Å². The summed E-state index contributed by atoms with van der Waals surface area (Å²) in [6.07, 6.45) is 21.2. The van der Waals surface area contributed by atoms with Crippen molar-refractivity contribution in [1.29, 1.82) is 0 Å². The molecule has 2 rings (SSSR count). The SMILES string of the molecule is NCCOP(=O)(O)OC[C@H](O)COC(=O)C=CCCCCC[C@H]1O[C@]2(CCCCCCCCCCCCCCOC[C@@H](N)COS(=O)(=O)O)CC[C@@H](O)[C@H]1O2. The molecule has 17 nitrogen and oxygen atoms in total. The molecule has 2 saturated heterocycles. The Bertz CT molecular complexity index is 1220. The Morgan fingerprint density at radius 3 is 2.16 bits per heavy atom. The monoisotopic (exact) mass is 832 g/mol. The summed E-state index contributed by atoms with van der Waals surface area (Å²) in [6.45, 7) is -0.630. The van der Waals surface area contributed by atoms with Gasteiger partial charge in [0.2, 0.25) is 0 Å². The number of unbranched alkanes of at least 4 members (excludes halogenated alkanes) is 14. The van der Waals surface area contributed by atoms with E-state index in [9.17, 15) is 32.9 Å². The first-order chi connectivity index (χ1) is 26.2. The Morgan fingerprint density at radius 1 is 0.873 bits per heavy atom. The number of aliphatic hydroxyl groups excluding tert-OH is 2. The molecule has 2 fully saturated rings. The Hall–Kier alpha value is -1.09. The summed E-state index contributed by atoms with van der Waals surface area (Å²) in [4.78, 5) is 21.3. The molecule has 0 saturated carbocycles. The fourth-order valence-electron chi connectivity index (χ4n) is 6.58. The van der Waals surface area contributed by atoms with Crippen molar-refractivity contribution < 1.29 is 69.6 Å².